The molecule has 0 aromatic carbocycles. The van der Waals surface area contributed by atoms with E-state index in [4.69, 9.17) is 23.1 Å². The zero-order valence-electron chi connectivity index (χ0n) is 23.9. The Balaban J connectivity index is 0.00000118. The van der Waals surface area contributed by atoms with Crippen LogP contribution >= 0.6 is 0 Å². The van der Waals surface area contributed by atoms with Gasteiger partial charge >= 0.3 is 198 Å². The van der Waals surface area contributed by atoms with Crippen molar-refractivity contribution in [2.75, 3.05) is 0 Å². The summed E-state index contributed by atoms with van der Waals surface area (Å²) >= 11 is 0.418. The maximum absolute atomic E-state index is 8.49. The summed E-state index contributed by atoms with van der Waals surface area (Å²) in [6.07, 6.45) is 11.5. The summed E-state index contributed by atoms with van der Waals surface area (Å²) in [6.45, 7) is 27.2. The normalized spacial score (nSPS) is 15.8. The summed E-state index contributed by atoms with van der Waals surface area (Å²) in [6, 6.07) is 4.36. The fourth-order valence-corrected chi connectivity index (χ4v) is 5.58. The summed E-state index contributed by atoms with van der Waals surface area (Å²) in [5.41, 5.74) is 2.85. The molecule has 0 amide bonds. The largest absolute Gasteiger partial charge is 0.222 e. The van der Waals surface area contributed by atoms with Crippen molar-refractivity contribution in [1.29, 1.82) is 0 Å². The molecule has 0 radical (unpaired) electrons. The standard InChI is InChI=1S/C29H43OSe.ClHO4/c1-26(2,3)22-16-20(17-23(30-22)27(4,5)6)14-13-15-21-18-24(28(7,8)9)31-25(19-21)29(10,11)12;2-1(3,4)5/h13-19H,1-12H3;(H,2,3,4,5)/q+1;/p-1. The van der Waals surface area contributed by atoms with E-state index in [0.717, 1.165) is 11.5 Å². The van der Waals surface area contributed by atoms with Crippen LogP contribution in [0.3, 0.4) is 0 Å². The van der Waals surface area contributed by atoms with E-state index in [9.17, 15) is 0 Å². The van der Waals surface area contributed by atoms with Crippen LogP contribution in [0.1, 0.15) is 100 Å². The van der Waals surface area contributed by atoms with Crippen LogP contribution in [0, 0.1) is 21.1 Å². The molecule has 0 unspecified atom stereocenters. The first-order valence-electron chi connectivity index (χ1n) is 12.0. The molecule has 0 saturated heterocycles. The molecule has 1 aliphatic heterocycles. The van der Waals surface area contributed by atoms with Crippen LogP contribution in [0.15, 0.2) is 55.4 Å². The van der Waals surface area contributed by atoms with Crippen molar-refractivity contribution in [3.8, 4) is 0 Å². The van der Waals surface area contributed by atoms with E-state index in [1.807, 2.05) is 0 Å². The minimum Gasteiger partial charge on any atom is -0.222 e. The maximum atomic E-state index is 8.49. The van der Waals surface area contributed by atoms with Gasteiger partial charge in [0.1, 0.15) is 0 Å². The van der Waals surface area contributed by atoms with Gasteiger partial charge in [-0.15, -0.1) is 10.2 Å². The Bertz CT molecular complexity index is 962. The molecule has 36 heavy (non-hydrogen) atoms. The van der Waals surface area contributed by atoms with Crippen molar-refractivity contribution in [2.24, 2.45) is 10.8 Å². The van der Waals surface area contributed by atoms with Gasteiger partial charge in [-0.3, -0.25) is 0 Å². The molecule has 1 aromatic heterocycles. The fraction of sp³-hybridized carbons (Fsp3) is 0.552. The molecule has 2 rings (SSSR count). The van der Waals surface area contributed by atoms with Crippen LogP contribution < -0.4 is 18.6 Å². The minimum atomic E-state index is -4.94. The third-order valence-corrected chi connectivity index (χ3v) is 9.15. The second kappa shape index (κ2) is 11.7. The minimum absolute atomic E-state index is 0.0253. The monoisotopic (exact) mass is 586 g/mol. The molecule has 1 aromatic rings. The first-order chi connectivity index (χ1) is 15.9. The van der Waals surface area contributed by atoms with Crippen molar-refractivity contribution >= 4 is 21.0 Å². The van der Waals surface area contributed by atoms with Crippen LogP contribution in [0.25, 0.3) is 6.08 Å². The predicted octanol–water partition coefficient (Wildman–Crippen LogP) is 3.92. The van der Waals surface area contributed by atoms with Gasteiger partial charge in [0.2, 0.25) is 0 Å². The van der Waals surface area contributed by atoms with E-state index in [-0.39, 0.29) is 21.7 Å². The number of hydrogen-bond acceptors (Lipinski definition) is 4. The van der Waals surface area contributed by atoms with Gasteiger partial charge in [0.15, 0.2) is 0 Å². The topological polar surface area (TPSA) is 104 Å². The third kappa shape index (κ3) is 11.9. The Hall–Kier alpha value is -1.24. The van der Waals surface area contributed by atoms with Gasteiger partial charge in [-0.25, -0.2) is 18.6 Å². The summed E-state index contributed by atoms with van der Waals surface area (Å²) in [7, 11) is -4.94. The van der Waals surface area contributed by atoms with Crippen molar-refractivity contribution in [3.05, 3.63) is 68.0 Å². The molecule has 0 N–H and O–H groups in total. The van der Waals surface area contributed by atoms with Gasteiger partial charge < -0.3 is 0 Å². The maximum Gasteiger partial charge on any atom is -0.112 e. The molecule has 5 nitrogen and oxygen atoms in total. The van der Waals surface area contributed by atoms with E-state index in [0.29, 0.717) is 15.0 Å². The van der Waals surface area contributed by atoms with Crippen LogP contribution in [0.5, 0.6) is 0 Å². The molecule has 0 saturated carbocycles. The molecule has 0 atom stereocenters. The average Bonchev–Trinajstić information content (AvgIpc) is 2.63. The third-order valence-electron chi connectivity index (χ3n) is 5.17. The Labute approximate surface area is 226 Å². The molecule has 7 heteroatoms. The molecular formula is C29H43ClO5Se. The number of hydrogen-bond donors (Lipinski definition) is 0. The van der Waals surface area contributed by atoms with E-state index >= 15 is 0 Å². The van der Waals surface area contributed by atoms with Gasteiger partial charge in [0.25, 0.3) is 0 Å². The van der Waals surface area contributed by atoms with Gasteiger partial charge in [-0.1, -0.05) is 0 Å². The van der Waals surface area contributed by atoms with E-state index in [1.165, 1.54) is 11.1 Å². The van der Waals surface area contributed by atoms with E-state index in [2.05, 4.69) is 126 Å². The number of allylic oxidation sites excluding steroid dienone is 7. The molecule has 0 spiro atoms. The second-order valence-electron chi connectivity index (χ2n) is 13.1. The summed E-state index contributed by atoms with van der Waals surface area (Å²) in [5.74, 6) is 2.05. The molecule has 2 heterocycles. The Kier molecular flexibility index (Phi) is 10.6. The zero-order valence-corrected chi connectivity index (χ0v) is 26.3. The molecule has 0 aliphatic carbocycles. The fourth-order valence-electron chi connectivity index (χ4n) is 2.98. The molecule has 0 bridgehead atoms. The summed E-state index contributed by atoms with van der Waals surface area (Å²) < 4.78 is 43.4. The summed E-state index contributed by atoms with van der Waals surface area (Å²) in [4.78, 5) is 0. The summed E-state index contributed by atoms with van der Waals surface area (Å²) in [5, 5.41) is 0. The first kappa shape index (κ1) is 32.8. The van der Waals surface area contributed by atoms with Crippen molar-refractivity contribution in [2.45, 2.75) is 93.9 Å². The number of rotatable bonds is 2. The van der Waals surface area contributed by atoms with Crippen LogP contribution in [-0.2, 0) is 10.8 Å². The Morgan fingerprint density at radius 1 is 0.667 bits per heavy atom. The van der Waals surface area contributed by atoms with Crippen molar-refractivity contribution < 1.29 is 33.3 Å². The Morgan fingerprint density at radius 3 is 1.33 bits per heavy atom. The van der Waals surface area contributed by atoms with Crippen molar-refractivity contribution in [3.63, 3.8) is 0 Å². The SMILES string of the molecule is CC(C)(C)C1=CC(=CC=Cc2cc(C(C)(C)C)[o+]c(C(C)(C)C)c2)C=C(C(C)(C)C)[Se]1.[O-][Cl+3]([O-])([O-])[O-]. The smallest absolute Gasteiger partial charge is 0.112 e. The molecule has 1 aliphatic rings. The zero-order chi connectivity index (χ0) is 28.3. The second-order valence-corrected chi connectivity index (χ2v) is 16.2. The van der Waals surface area contributed by atoms with E-state index in [1.54, 1.807) is 8.94 Å². The van der Waals surface area contributed by atoms with E-state index < -0.39 is 10.2 Å². The molecular weight excluding hydrogens is 543 g/mol. The average molecular weight is 586 g/mol. The van der Waals surface area contributed by atoms with Gasteiger partial charge in [-0.05, 0) is 0 Å². The van der Waals surface area contributed by atoms with Gasteiger partial charge in [0, 0.05) is 0 Å². The predicted molar refractivity (Wildman–Crippen MR) is 138 cm³/mol. The van der Waals surface area contributed by atoms with Gasteiger partial charge in [-0.2, -0.15) is 0 Å². The first-order valence-corrected chi connectivity index (χ1v) is 14.9. The Morgan fingerprint density at radius 2 is 1.03 bits per heavy atom. The van der Waals surface area contributed by atoms with Crippen LogP contribution in [0.2, 0.25) is 0 Å². The number of halogens is 1. The molecule has 0 fully saturated rings. The quantitative estimate of drug-likeness (QED) is 0.387. The van der Waals surface area contributed by atoms with Crippen LogP contribution in [0.4, 0.5) is 0 Å². The van der Waals surface area contributed by atoms with Gasteiger partial charge in [0.05, 0.1) is 0 Å². The molecule has 202 valence electrons. The van der Waals surface area contributed by atoms with Crippen LogP contribution in [-0.4, -0.2) is 15.0 Å². The van der Waals surface area contributed by atoms with Crippen molar-refractivity contribution in [1.82, 2.24) is 0 Å².